The van der Waals surface area contributed by atoms with Gasteiger partial charge in [0.2, 0.25) is 5.88 Å². The summed E-state index contributed by atoms with van der Waals surface area (Å²) in [5, 5.41) is 0. The van der Waals surface area contributed by atoms with Crippen molar-refractivity contribution in [3.63, 3.8) is 0 Å². The van der Waals surface area contributed by atoms with Crippen molar-refractivity contribution in [3.8, 4) is 17.0 Å². The molecule has 0 spiro atoms. The summed E-state index contributed by atoms with van der Waals surface area (Å²) in [7, 11) is 0. The van der Waals surface area contributed by atoms with Crippen molar-refractivity contribution in [1.29, 1.82) is 0 Å². The SMILES string of the molecule is Cc1ccc(-c2cc(C(N)=O)nc3c2CC[C@H](CN(CC(C)(F)F)C(=O)OC(C)(C)C)O3)c(F)c1. The van der Waals surface area contributed by atoms with E-state index in [1.54, 1.807) is 39.8 Å². The third kappa shape index (κ3) is 6.86. The lowest BCUT2D eigenvalue weighted by molar-refractivity contribution is -0.0382. The van der Waals surface area contributed by atoms with Crippen molar-refractivity contribution < 1.29 is 32.2 Å². The van der Waals surface area contributed by atoms with Gasteiger partial charge in [-0.05, 0) is 63.8 Å². The summed E-state index contributed by atoms with van der Waals surface area (Å²) in [6, 6.07) is 6.14. The van der Waals surface area contributed by atoms with Gasteiger partial charge in [-0.3, -0.25) is 9.69 Å². The Morgan fingerprint density at radius 1 is 1.20 bits per heavy atom. The molecule has 1 aromatic heterocycles. The number of primary amides is 1. The lowest BCUT2D eigenvalue weighted by Gasteiger charge is -2.34. The molecule has 2 heterocycles. The summed E-state index contributed by atoms with van der Waals surface area (Å²) in [4.78, 5) is 29.6. The van der Waals surface area contributed by atoms with Gasteiger partial charge in [0.15, 0.2) is 0 Å². The van der Waals surface area contributed by atoms with Crippen LogP contribution in [-0.2, 0) is 11.2 Å². The van der Waals surface area contributed by atoms with E-state index in [9.17, 15) is 22.8 Å². The number of aryl methyl sites for hydroxylation is 1. The van der Waals surface area contributed by atoms with E-state index in [1.165, 1.54) is 12.1 Å². The smallest absolute Gasteiger partial charge is 0.410 e. The Bertz CT molecular complexity index is 1130. The summed E-state index contributed by atoms with van der Waals surface area (Å²) < 4.78 is 53.6. The minimum Gasteiger partial charge on any atom is -0.472 e. The number of benzene rings is 1. The van der Waals surface area contributed by atoms with Crippen molar-refractivity contribution >= 4 is 12.0 Å². The number of alkyl halides is 2. The van der Waals surface area contributed by atoms with Gasteiger partial charge in [-0.2, -0.15) is 0 Å². The second kappa shape index (κ2) is 9.75. The molecular formula is C25H30F3N3O4. The number of amides is 2. The number of halogens is 3. The van der Waals surface area contributed by atoms with Crippen LogP contribution in [0.2, 0.25) is 0 Å². The van der Waals surface area contributed by atoms with Crippen LogP contribution in [0.3, 0.4) is 0 Å². The number of hydrogen-bond donors (Lipinski definition) is 1. The highest BCUT2D eigenvalue weighted by atomic mass is 19.3. The third-order valence-corrected chi connectivity index (χ3v) is 5.29. The van der Waals surface area contributed by atoms with Gasteiger partial charge in [-0.15, -0.1) is 0 Å². The maximum atomic E-state index is 14.8. The second-order valence-corrected chi connectivity index (χ2v) is 9.90. The maximum Gasteiger partial charge on any atom is 0.410 e. The molecule has 1 aromatic carbocycles. The van der Waals surface area contributed by atoms with Crippen molar-refractivity contribution in [2.75, 3.05) is 13.1 Å². The highest BCUT2D eigenvalue weighted by Crippen LogP contribution is 2.37. The number of hydrogen-bond acceptors (Lipinski definition) is 5. The fourth-order valence-electron chi connectivity index (χ4n) is 3.85. The van der Waals surface area contributed by atoms with E-state index in [-0.39, 0.29) is 23.7 Å². The average Bonchev–Trinajstić information content (AvgIpc) is 2.70. The molecule has 3 rings (SSSR count). The zero-order valence-corrected chi connectivity index (χ0v) is 20.5. The Morgan fingerprint density at radius 3 is 2.46 bits per heavy atom. The number of carbonyl (C=O) groups is 2. The van der Waals surface area contributed by atoms with Crippen molar-refractivity contribution in [2.45, 2.75) is 65.1 Å². The predicted molar refractivity (Wildman–Crippen MR) is 124 cm³/mol. The molecule has 1 aliphatic rings. The van der Waals surface area contributed by atoms with Crippen LogP contribution in [0.4, 0.5) is 18.0 Å². The molecule has 7 nitrogen and oxygen atoms in total. The molecule has 1 atom stereocenters. The zero-order chi connectivity index (χ0) is 26.1. The van der Waals surface area contributed by atoms with E-state index in [0.717, 1.165) is 10.5 Å². The molecular weight excluding hydrogens is 463 g/mol. The predicted octanol–water partition coefficient (Wildman–Crippen LogP) is 4.88. The van der Waals surface area contributed by atoms with E-state index in [2.05, 4.69) is 4.98 Å². The van der Waals surface area contributed by atoms with Crippen LogP contribution in [0.1, 0.15) is 55.7 Å². The summed E-state index contributed by atoms with van der Waals surface area (Å²) in [6.45, 7) is 6.35. The van der Waals surface area contributed by atoms with Crippen molar-refractivity contribution in [1.82, 2.24) is 9.88 Å². The molecule has 0 aliphatic carbocycles. The first-order chi connectivity index (χ1) is 16.1. The minimum atomic E-state index is -3.16. The molecule has 2 amide bonds. The van der Waals surface area contributed by atoms with Crippen LogP contribution in [0.15, 0.2) is 24.3 Å². The molecule has 0 saturated carbocycles. The first-order valence-corrected chi connectivity index (χ1v) is 11.3. The third-order valence-electron chi connectivity index (χ3n) is 5.29. The molecule has 2 aromatic rings. The minimum absolute atomic E-state index is 0.0555. The largest absolute Gasteiger partial charge is 0.472 e. The van der Waals surface area contributed by atoms with Gasteiger partial charge in [0.1, 0.15) is 23.2 Å². The molecule has 0 unspecified atom stereocenters. The van der Waals surface area contributed by atoms with Crippen LogP contribution in [-0.4, -0.2) is 52.6 Å². The highest BCUT2D eigenvalue weighted by Gasteiger charge is 2.35. The molecule has 2 N–H and O–H groups in total. The first kappa shape index (κ1) is 26.3. The Labute approximate surface area is 202 Å². The number of rotatable bonds is 6. The molecule has 0 radical (unpaired) electrons. The van der Waals surface area contributed by atoms with E-state index in [0.29, 0.717) is 30.9 Å². The lowest BCUT2D eigenvalue weighted by Crippen LogP contribution is -2.47. The molecule has 10 heteroatoms. The van der Waals surface area contributed by atoms with Crippen LogP contribution >= 0.6 is 0 Å². The molecule has 1 aliphatic heterocycles. The van der Waals surface area contributed by atoms with E-state index >= 15 is 0 Å². The summed E-state index contributed by atoms with van der Waals surface area (Å²) >= 11 is 0. The van der Waals surface area contributed by atoms with Gasteiger partial charge in [-0.25, -0.2) is 22.9 Å². The first-order valence-electron chi connectivity index (χ1n) is 11.3. The summed E-state index contributed by atoms with van der Waals surface area (Å²) in [5.41, 5.74) is 6.43. The second-order valence-electron chi connectivity index (χ2n) is 9.90. The van der Waals surface area contributed by atoms with Gasteiger partial charge >= 0.3 is 6.09 Å². The van der Waals surface area contributed by atoms with Crippen LogP contribution < -0.4 is 10.5 Å². The Morgan fingerprint density at radius 2 is 1.89 bits per heavy atom. The van der Waals surface area contributed by atoms with E-state index < -0.39 is 42.0 Å². The normalized spacial score (nSPS) is 15.7. The maximum absolute atomic E-state index is 14.8. The summed E-state index contributed by atoms with van der Waals surface area (Å²) in [6.07, 6.45) is -0.891. The standard InChI is InChI=1S/C25H30F3N3O4/c1-14-6-8-16(19(26)10-14)18-11-20(21(29)32)30-22-17(18)9-7-15(34-22)12-31(13-25(5,27)28)23(33)35-24(2,3)4/h6,8,10-11,15H,7,9,12-13H2,1-5H3,(H2,29,32)/t15-/m1/s1. The van der Waals surface area contributed by atoms with Crippen LogP contribution in [0, 0.1) is 12.7 Å². The van der Waals surface area contributed by atoms with Gasteiger partial charge < -0.3 is 15.2 Å². The van der Waals surface area contributed by atoms with Gasteiger partial charge in [0.05, 0.1) is 13.1 Å². The van der Waals surface area contributed by atoms with Gasteiger partial charge in [0.25, 0.3) is 11.8 Å². The number of carbonyl (C=O) groups excluding carboxylic acids is 2. The van der Waals surface area contributed by atoms with Crippen LogP contribution in [0.5, 0.6) is 5.88 Å². The number of nitrogens with two attached hydrogens (primary N) is 1. The monoisotopic (exact) mass is 493 g/mol. The van der Waals surface area contributed by atoms with E-state index in [4.69, 9.17) is 15.2 Å². The fourth-order valence-corrected chi connectivity index (χ4v) is 3.85. The Hall–Kier alpha value is -3.30. The van der Waals surface area contributed by atoms with Crippen LogP contribution in [0.25, 0.3) is 11.1 Å². The van der Waals surface area contributed by atoms with Crippen molar-refractivity contribution in [2.24, 2.45) is 5.73 Å². The van der Waals surface area contributed by atoms with Gasteiger partial charge in [-0.1, -0.05) is 12.1 Å². The average molecular weight is 494 g/mol. The Balaban J connectivity index is 1.93. The lowest BCUT2D eigenvalue weighted by atomic mass is 9.93. The molecule has 0 fully saturated rings. The highest BCUT2D eigenvalue weighted by molar-refractivity contribution is 5.93. The number of aromatic nitrogens is 1. The topological polar surface area (TPSA) is 94.8 Å². The number of pyridine rings is 1. The number of fused-ring (bicyclic) bond motifs is 1. The number of ether oxygens (including phenoxy) is 2. The fraction of sp³-hybridized carbons (Fsp3) is 0.480. The molecule has 0 bridgehead atoms. The Kier molecular flexibility index (Phi) is 7.33. The zero-order valence-electron chi connectivity index (χ0n) is 20.5. The quantitative estimate of drug-likeness (QED) is 0.619. The number of nitrogens with zero attached hydrogens (tertiary/aromatic N) is 2. The molecule has 0 saturated heterocycles. The summed E-state index contributed by atoms with van der Waals surface area (Å²) in [5.74, 6) is -4.40. The van der Waals surface area contributed by atoms with E-state index in [1.807, 2.05) is 0 Å². The van der Waals surface area contributed by atoms with Crippen molar-refractivity contribution in [3.05, 3.63) is 46.9 Å². The molecule has 35 heavy (non-hydrogen) atoms. The van der Waals surface area contributed by atoms with Gasteiger partial charge in [0, 0.05) is 18.1 Å². The molecule has 190 valence electrons.